The summed E-state index contributed by atoms with van der Waals surface area (Å²) in [5, 5.41) is 0.782. The van der Waals surface area contributed by atoms with Gasteiger partial charge in [0, 0.05) is 27.2 Å². The Kier molecular flexibility index (Phi) is 6.91. The Morgan fingerprint density at radius 3 is 2.62 bits per heavy atom. The molecule has 0 fully saturated rings. The minimum atomic E-state index is -0.103. The SMILES string of the molecule is CCCN(C)c1nc(N)c(C(=O)N(C)CCOC(C)C)s1. The first kappa shape index (κ1) is 17.7. The summed E-state index contributed by atoms with van der Waals surface area (Å²) < 4.78 is 5.46. The van der Waals surface area contributed by atoms with Gasteiger partial charge in [0.25, 0.3) is 5.91 Å². The van der Waals surface area contributed by atoms with Crippen molar-refractivity contribution in [3.05, 3.63) is 4.88 Å². The van der Waals surface area contributed by atoms with Crippen molar-refractivity contribution in [3.63, 3.8) is 0 Å². The second-order valence-electron chi connectivity index (χ2n) is 5.28. The Morgan fingerprint density at radius 2 is 2.05 bits per heavy atom. The minimum absolute atomic E-state index is 0.103. The number of nitrogens with two attached hydrogens (primary N) is 1. The van der Waals surface area contributed by atoms with Gasteiger partial charge in [-0.25, -0.2) is 4.98 Å². The average Bonchev–Trinajstić information content (AvgIpc) is 2.79. The molecule has 1 amide bonds. The van der Waals surface area contributed by atoms with Crippen LogP contribution in [0.5, 0.6) is 0 Å². The highest BCUT2D eigenvalue weighted by Gasteiger charge is 2.21. The van der Waals surface area contributed by atoms with Crippen molar-refractivity contribution in [3.8, 4) is 0 Å². The van der Waals surface area contributed by atoms with Gasteiger partial charge < -0.3 is 20.3 Å². The van der Waals surface area contributed by atoms with Crippen molar-refractivity contribution in [1.29, 1.82) is 0 Å². The quantitative estimate of drug-likeness (QED) is 0.795. The fraction of sp³-hybridized carbons (Fsp3) is 0.714. The summed E-state index contributed by atoms with van der Waals surface area (Å²) in [7, 11) is 3.71. The maximum Gasteiger partial charge on any atom is 0.267 e. The van der Waals surface area contributed by atoms with Crippen LogP contribution in [-0.2, 0) is 4.74 Å². The number of rotatable bonds is 8. The van der Waals surface area contributed by atoms with Crippen LogP contribution in [0.3, 0.4) is 0 Å². The first-order valence-corrected chi connectivity index (χ1v) is 8.03. The molecule has 0 saturated carbocycles. The number of likely N-dealkylation sites (N-methyl/N-ethyl adjacent to an activating group) is 1. The molecule has 120 valence electrons. The highest BCUT2D eigenvalue weighted by molar-refractivity contribution is 7.18. The fourth-order valence-electron chi connectivity index (χ4n) is 1.77. The number of amides is 1. The summed E-state index contributed by atoms with van der Waals surface area (Å²) in [5.74, 6) is 0.202. The molecular weight excluding hydrogens is 288 g/mol. The fourth-order valence-corrected chi connectivity index (χ4v) is 2.74. The molecule has 0 spiro atoms. The first-order chi connectivity index (χ1) is 9.86. The first-order valence-electron chi connectivity index (χ1n) is 7.21. The molecule has 21 heavy (non-hydrogen) atoms. The summed E-state index contributed by atoms with van der Waals surface area (Å²) in [6, 6.07) is 0. The number of hydrogen-bond donors (Lipinski definition) is 1. The lowest BCUT2D eigenvalue weighted by molar-refractivity contribution is 0.0535. The van der Waals surface area contributed by atoms with Gasteiger partial charge in [-0.05, 0) is 20.3 Å². The zero-order valence-corrected chi connectivity index (χ0v) is 14.4. The van der Waals surface area contributed by atoms with Crippen LogP contribution in [0.1, 0.15) is 36.9 Å². The van der Waals surface area contributed by atoms with Crippen LogP contribution in [0.2, 0.25) is 0 Å². The molecular formula is C14H26N4O2S. The van der Waals surface area contributed by atoms with Crippen LogP contribution in [-0.4, -0.2) is 55.7 Å². The number of aromatic nitrogens is 1. The third-order valence-electron chi connectivity index (χ3n) is 2.95. The lowest BCUT2D eigenvalue weighted by atomic mass is 10.4. The van der Waals surface area contributed by atoms with Crippen LogP contribution in [0.15, 0.2) is 0 Å². The Balaban J connectivity index is 2.69. The zero-order chi connectivity index (χ0) is 16.0. The zero-order valence-electron chi connectivity index (χ0n) is 13.5. The second kappa shape index (κ2) is 8.19. The van der Waals surface area contributed by atoms with Crippen molar-refractivity contribution < 1.29 is 9.53 Å². The standard InChI is InChI=1S/C14H26N4O2S/c1-6-7-18(5)14-16-12(15)11(21-14)13(19)17(4)8-9-20-10(2)3/h10H,6-9,15H2,1-5H3. The molecule has 1 aromatic heterocycles. The van der Waals surface area contributed by atoms with Gasteiger partial charge >= 0.3 is 0 Å². The van der Waals surface area contributed by atoms with Gasteiger partial charge in [-0.2, -0.15) is 0 Å². The van der Waals surface area contributed by atoms with E-state index >= 15 is 0 Å². The summed E-state index contributed by atoms with van der Waals surface area (Å²) >= 11 is 1.34. The van der Waals surface area contributed by atoms with Crippen LogP contribution >= 0.6 is 11.3 Å². The number of carbonyl (C=O) groups is 1. The van der Waals surface area contributed by atoms with E-state index in [0.29, 0.717) is 23.8 Å². The average molecular weight is 314 g/mol. The van der Waals surface area contributed by atoms with Gasteiger partial charge in [0.15, 0.2) is 5.13 Å². The highest BCUT2D eigenvalue weighted by Crippen LogP contribution is 2.28. The Morgan fingerprint density at radius 1 is 1.38 bits per heavy atom. The number of hydrogen-bond acceptors (Lipinski definition) is 6. The van der Waals surface area contributed by atoms with Crippen LogP contribution < -0.4 is 10.6 Å². The summed E-state index contributed by atoms with van der Waals surface area (Å²) in [4.78, 5) is 20.8. The maximum absolute atomic E-state index is 12.4. The van der Waals surface area contributed by atoms with Gasteiger partial charge in [-0.1, -0.05) is 18.3 Å². The van der Waals surface area contributed by atoms with Crippen molar-refractivity contribution in [1.82, 2.24) is 9.88 Å². The Bertz CT molecular complexity index is 462. The van der Waals surface area contributed by atoms with Gasteiger partial charge in [-0.3, -0.25) is 4.79 Å². The molecule has 0 aliphatic carbocycles. The number of nitrogen functional groups attached to an aromatic ring is 1. The van der Waals surface area contributed by atoms with Crippen LogP contribution in [0.25, 0.3) is 0 Å². The third kappa shape index (κ3) is 5.17. The van der Waals surface area contributed by atoms with Gasteiger partial charge in [-0.15, -0.1) is 0 Å². The normalized spacial score (nSPS) is 11.0. The number of nitrogens with zero attached hydrogens (tertiary/aromatic N) is 3. The molecule has 2 N–H and O–H groups in total. The van der Waals surface area contributed by atoms with Crippen molar-refractivity contribution in [2.75, 3.05) is 44.4 Å². The second-order valence-corrected chi connectivity index (χ2v) is 6.26. The van der Waals surface area contributed by atoms with E-state index in [2.05, 4.69) is 11.9 Å². The van der Waals surface area contributed by atoms with E-state index in [-0.39, 0.29) is 12.0 Å². The molecule has 1 aromatic rings. The molecule has 0 radical (unpaired) electrons. The predicted molar refractivity (Wildman–Crippen MR) is 88.1 cm³/mol. The summed E-state index contributed by atoms with van der Waals surface area (Å²) in [6.45, 7) is 7.98. The van der Waals surface area contributed by atoms with Crippen molar-refractivity contribution in [2.24, 2.45) is 0 Å². The molecule has 0 aromatic carbocycles. The van der Waals surface area contributed by atoms with Crippen LogP contribution in [0, 0.1) is 0 Å². The molecule has 0 saturated heterocycles. The molecule has 0 aliphatic rings. The van der Waals surface area contributed by atoms with E-state index in [1.807, 2.05) is 25.8 Å². The van der Waals surface area contributed by atoms with Gasteiger partial charge in [0.05, 0.1) is 12.7 Å². The molecule has 1 heterocycles. The number of carbonyl (C=O) groups excluding carboxylic acids is 1. The smallest absolute Gasteiger partial charge is 0.267 e. The Hall–Kier alpha value is -1.34. The monoisotopic (exact) mass is 314 g/mol. The number of ether oxygens (including phenoxy) is 1. The highest BCUT2D eigenvalue weighted by atomic mass is 32.1. The maximum atomic E-state index is 12.4. The van der Waals surface area contributed by atoms with E-state index < -0.39 is 0 Å². The van der Waals surface area contributed by atoms with E-state index in [1.54, 1.807) is 11.9 Å². The minimum Gasteiger partial charge on any atom is -0.382 e. The third-order valence-corrected chi connectivity index (χ3v) is 4.12. The lowest BCUT2D eigenvalue weighted by Crippen LogP contribution is -2.30. The van der Waals surface area contributed by atoms with Crippen molar-refractivity contribution in [2.45, 2.75) is 33.3 Å². The van der Waals surface area contributed by atoms with E-state index in [0.717, 1.165) is 18.1 Å². The lowest BCUT2D eigenvalue weighted by Gasteiger charge is -2.17. The number of anilines is 2. The molecule has 0 bridgehead atoms. The molecule has 6 nitrogen and oxygen atoms in total. The van der Waals surface area contributed by atoms with E-state index in [1.165, 1.54) is 11.3 Å². The topological polar surface area (TPSA) is 71.7 Å². The van der Waals surface area contributed by atoms with E-state index in [9.17, 15) is 4.79 Å². The van der Waals surface area contributed by atoms with Crippen molar-refractivity contribution >= 4 is 28.2 Å². The molecule has 0 aliphatic heterocycles. The molecule has 0 atom stereocenters. The molecule has 7 heteroatoms. The molecule has 1 rings (SSSR count). The van der Waals surface area contributed by atoms with Gasteiger partial charge in [0.2, 0.25) is 0 Å². The molecule has 0 unspecified atom stereocenters. The van der Waals surface area contributed by atoms with E-state index in [4.69, 9.17) is 10.5 Å². The summed E-state index contributed by atoms with van der Waals surface area (Å²) in [5.41, 5.74) is 5.88. The Labute approximate surface area is 130 Å². The summed E-state index contributed by atoms with van der Waals surface area (Å²) in [6.07, 6.45) is 1.18. The predicted octanol–water partition coefficient (Wildman–Crippen LogP) is 2.07. The largest absolute Gasteiger partial charge is 0.382 e. The van der Waals surface area contributed by atoms with Gasteiger partial charge in [0.1, 0.15) is 10.7 Å². The number of thiazole rings is 1. The van der Waals surface area contributed by atoms with Crippen LogP contribution in [0.4, 0.5) is 10.9 Å².